The zero-order valence-electron chi connectivity index (χ0n) is 17.7. The molecular weight excluding hydrogens is 423 g/mol. The molecule has 31 heavy (non-hydrogen) atoms. The summed E-state index contributed by atoms with van der Waals surface area (Å²) in [4.78, 5) is 22.5. The minimum atomic E-state index is -4.07. The van der Waals surface area contributed by atoms with Crippen molar-refractivity contribution in [1.82, 2.24) is 5.09 Å². The van der Waals surface area contributed by atoms with Crippen molar-refractivity contribution in [3.05, 3.63) is 64.7 Å². The highest BCUT2D eigenvalue weighted by Crippen LogP contribution is 2.45. The fraction of sp³-hybridized carbons (Fsp3) is 0.381. The van der Waals surface area contributed by atoms with Crippen LogP contribution in [0.25, 0.3) is 0 Å². The Kier molecular flexibility index (Phi) is 9.03. The van der Waals surface area contributed by atoms with Gasteiger partial charge in [0.25, 0.3) is 5.69 Å². The first-order chi connectivity index (χ1) is 14.8. The number of nitrogens with one attached hydrogen (secondary N) is 1. The van der Waals surface area contributed by atoms with E-state index in [1.165, 1.54) is 31.2 Å². The lowest BCUT2D eigenvalue weighted by atomic mass is 9.96. The third kappa shape index (κ3) is 7.38. The number of hydrogen-bond donors (Lipinski definition) is 1. The topological polar surface area (TPSA) is 117 Å². The Hall–Kier alpha value is -2.90. The number of carbonyl (C=O) groups is 1. The molecule has 1 unspecified atom stereocenters. The van der Waals surface area contributed by atoms with Crippen molar-refractivity contribution in [3.63, 3.8) is 0 Å². The van der Waals surface area contributed by atoms with Crippen molar-refractivity contribution in [2.24, 2.45) is 0 Å². The summed E-state index contributed by atoms with van der Waals surface area (Å²) in [7, 11) is -4.07. The van der Waals surface area contributed by atoms with E-state index in [2.05, 4.69) is 5.09 Å². The van der Waals surface area contributed by atoms with Crippen LogP contribution in [0.2, 0.25) is 0 Å². The minimum absolute atomic E-state index is 0.0851. The lowest BCUT2D eigenvalue weighted by Gasteiger charge is -2.28. The van der Waals surface area contributed by atoms with Crippen LogP contribution in [0.4, 0.5) is 5.69 Å². The number of para-hydroxylation sites is 1. The molecular formula is C21H27N2O7P. The number of nitro groups is 1. The highest BCUT2D eigenvalue weighted by molar-refractivity contribution is 7.52. The van der Waals surface area contributed by atoms with Gasteiger partial charge in [-0.2, -0.15) is 5.09 Å². The Balaban J connectivity index is 0.00000166. The van der Waals surface area contributed by atoms with Crippen LogP contribution < -0.4 is 14.1 Å². The van der Waals surface area contributed by atoms with Gasteiger partial charge >= 0.3 is 13.7 Å². The van der Waals surface area contributed by atoms with Crippen molar-refractivity contribution in [2.45, 2.75) is 52.2 Å². The largest absolute Gasteiger partial charge is 0.513 e. The number of nitrogens with zero attached hydrogens (tertiary/aromatic N) is 1. The van der Waals surface area contributed by atoms with Crippen molar-refractivity contribution in [1.29, 1.82) is 0 Å². The molecule has 9 nitrogen and oxygen atoms in total. The molecule has 1 N–H and O–H groups in total. The lowest BCUT2D eigenvalue weighted by Crippen LogP contribution is -2.39. The first kappa shape index (κ1) is 24.4. The second-order valence-corrected chi connectivity index (χ2v) is 8.20. The third-order valence-electron chi connectivity index (χ3n) is 4.28. The standard InChI is InChI=1S/C19H21N2O7P.C2H6/c1-14(19(22)26-16-8-5-9-16)20-29(25,27-17-6-3-2-4-7-17)28-18-12-10-15(11-13-18)21(23)24;1-2/h2-4,6-7,10-14,16H,5,8-9H2,1H3,(H,20,25);1-2H3/t14-,29?;/m0./s1. The van der Waals surface area contributed by atoms with Crippen molar-refractivity contribution in [2.75, 3.05) is 0 Å². The molecule has 2 aromatic rings. The molecule has 0 aliphatic heterocycles. The molecule has 0 radical (unpaired) electrons. The summed E-state index contributed by atoms with van der Waals surface area (Å²) in [6, 6.07) is 12.4. The van der Waals surface area contributed by atoms with Crippen molar-refractivity contribution >= 4 is 19.4 Å². The second-order valence-electron chi connectivity index (χ2n) is 6.58. The summed E-state index contributed by atoms with van der Waals surface area (Å²) in [5, 5.41) is 13.4. The highest BCUT2D eigenvalue weighted by atomic mass is 31.2. The zero-order chi connectivity index (χ0) is 22.9. The Morgan fingerprint density at radius 1 is 1.06 bits per heavy atom. The van der Waals surface area contributed by atoms with E-state index in [1.54, 1.807) is 30.3 Å². The first-order valence-electron chi connectivity index (χ1n) is 10.1. The van der Waals surface area contributed by atoms with Gasteiger partial charge in [0, 0.05) is 12.1 Å². The monoisotopic (exact) mass is 450 g/mol. The molecule has 0 amide bonds. The molecule has 168 valence electrons. The normalized spacial score (nSPS) is 15.8. The van der Waals surface area contributed by atoms with E-state index in [0.717, 1.165) is 19.3 Å². The van der Waals surface area contributed by atoms with Gasteiger partial charge in [-0.1, -0.05) is 32.0 Å². The van der Waals surface area contributed by atoms with E-state index in [-0.39, 0.29) is 23.3 Å². The molecule has 10 heteroatoms. The maximum Gasteiger partial charge on any atom is 0.513 e. The van der Waals surface area contributed by atoms with Gasteiger partial charge in [-0.25, -0.2) is 4.57 Å². The van der Waals surface area contributed by atoms with E-state index in [0.29, 0.717) is 0 Å². The lowest BCUT2D eigenvalue weighted by molar-refractivity contribution is -0.384. The third-order valence-corrected chi connectivity index (χ3v) is 5.89. The van der Waals surface area contributed by atoms with Gasteiger partial charge in [0.1, 0.15) is 23.6 Å². The van der Waals surface area contributed by atoms with Crippen LogP contribution in [0.5, 0.6) is 11.5 Å². The summed E-state index contributed by atoms with van der Waals surface area (Å²) < 4.78 is 29.7. The number of non-ortho nitro benzene ring substituents is 1. The van der Waals surface area contributed by atoms with Crippen LogP contribution in [-0.4, -0.2) is 23.0 Å². The zero-order valence-corrected chi connectivity index (χ0v) is 18.6. The molecule has 0 aromatic heterocycles. The van der Waals surface area contributed by atoms with Gasteiger partial charge in [-0.3, -0.25) is 14.9 Å². The molecule has 0 spiro atoms. The number of benzene rings is 2. The van der Waals surface area contributed by atoms with Gasteiger partial charge in [-0.15, -0.1) is 0 Å². The Labute approximate surface area is 181 Å². The molecule has 1 saturated carbocycles. The molecule has 2 atom stereocenters. The predicted molar refractivity (Wildman–Crippen MR) is 116 cm³/mol. The maximum atomic E-state index is 13.4. The molecule has 0 saturated heterocycles. The molecule has 2 aromatic carbocycles. The smallest absolute Gasteiger partial charge is 0.461 e. The average Bonchev–Trinajstić information content (AvgIpc) is 2.72. The van der Waals surface area contributed by atoms with E-state index in [9.17, 15) is 19.5 Å². The highest BCUT2D eigenvalue weighted by Gasteiger charge is 2.35. The molecule has 3 rings (SSSR count). The van der Waals surface area contributed by atoms with E-state index in [1.807, 2.05) is 13.8 Å². The van der Waals surface area contributed by atoms with Gasteiger partial charge in [0.15, 0.2) is 0 Å². The van der Waals surface area contributed by atoms with Crippen molar-refractivity contribution < 1.29 is 28.1 Å². The average molecular weight is 450 g/mol. The number of carbonyl (C=O) groups excluding carboxylic acids is 1. The molecule has 1 aliphatic rings. The van der Waals surface area contributed by atoms with Crippen molar-refractivity contribution in [3.8, 4) is 11.5 Å². The van der Waals surface area contributed by atoms with Gasteiger partial charge in [0.2, 0.25) is 0 Å². The Bertz CT molecular complexity index is 902. The summed E-state index contributed by atoms with van der Waals surface area (Å²) in [5.74, 6) is -0.203. The van der Waals surface area contributed by atoms with Crippen LogP contribution in [-0.2, 0) is 14.1 Å². The molecule has 0 bridgehead atoms. The predicted octanol–water partition coefficient (Wildman–Crippen LogP) is 5.26. The molecule has 0 heterocycles. The van der Waals surface area contributed by atoms with Gasteiger partial charge in [-0.05, 0) is 50.5 Å². The maximum absolute atomic E-state index is 13.4. The molecule has 1 fully saturated rings. The fourth-order valence-corrected chi connectivity index (χ4v) is 4.02. The minimum Gasteiger partial charge on any atom is -0.461 e. The van der Waals surface area contributed by atoms with E-state index < -0.39 is 24.7 Å². The summed E-state index contributed by atoms with van der Waals surface area (Å²) >= 11 is 0. The number of esters is 1. The molecule has 1 aliphatic carbocycles. The first-order valence-corrected chi connectivity index (χ1v) is 11.7. The van der Waals surface area contributed by atoms with Crippen LogP contribution in [0.1, 0.15) is 40.0 Å². The van der Waals surface area contributed by atoms with Gasteiger partial charge in [0.05, 0.1) is 4.92 Å². The Morgan fingerprint density at radius 3 is 2.10 bits per heavy atom. The number of rotatable bonds is 9. The van der Waals surface area contributed by atoms with E-state index in [4.69, 9.17) is 13.8 Å². The summed E-state index contributed by atoms with van der Waals surface area (Å²) in [5.41, 5.74) is -0.137. The number of hydrogen-bond acceptors (Lipinski definition) is 7. The SMILES string of the molecule is CC.C[C@H](NP(=O)(Oc1ccccc1)Oc1ccc([N+](=O)[O-])cc1)C(=O)OC1CCC1. The fourth-order valence-electron chi connectivity index (χ4n) is 2.50. The van der Waals surface area contributed by atoms with Crippen LogP contribution >= 0.6 is 7.75 Å². The van der Waals surface area contributed by atoms with Crippen LogP contribution in [0.3, 0.4) is 0 Å². The second kappa shape index (κ2) is 11.5. The number of nitro benzene ring substituents is 1. The summed E-state index contributed by atoms with van der Waals surface area (Å²) in [6.07, 6.45) is 2.53. The Morgan fingerprint density at radius 2 is 1.61 bits per heavy atom. The van der Waals surface area contributed by atoms with Crippen LogP contribution in [0, 0.1) is 10.1 Å². The number of ether oxygens (including phenoxy) is 1. The van der Waals surface area contributed by atoms with Gasteiger partial charge < -0.3 is 13.8 Å². The quantitative estimate of drug-likeness (QED) is 0.238. The summed E-state index contributed by atoms with van der Waals surface area (Å²) in [6.45, 7) is 5.50. The van der Waals surface area contributed by atoms with Crippen LogP contribution in [0.15, 0.2) is 54.6 Å². The van der Waals surface area contributed by atoms with E-state index >= 15 is 0 Å².